The summed E-state index contributed by atoms with van der Waals surface area (Å²) >= 11 is 0. The number of hydrogen-bond acceptors (Lipinski definition) is 3. The number of nitrogens with zero attached hydrogens (tertiary/aromatic N) is 1. The lowest BCUT2D eigenvalue weighted by Crippen LogP contribution is -2.27. The number of rotatable bonds is 9. The molecule has 0 aliphatic heterocycles. The summed E-state index contributed by atoms with van der Waals surface area (Å²) in [6.07, 6.45) is 7.38. The molecule has 184 valence electrons. The first-order valence-electron chi connectivity index (χ1n) is 13.0. The third-order valence-corrected chi connectivity index (χ3v) is 7.07. The van der Waals surface area contributed by atoms with Gasteiger partial charge in [0.1, 0.15) is 5.82 Å². The van der Waals surface area contributed by atoms with E-state index in [1.165, 1.54) is 11.1 Å². The normalized spacial score (nSPS) is 14.4. The molecule has 0 saturated carbocycles. The lowest BCUT2D eigenvalue weighted by Gasteiger charge is -2.28. The van der Waals surface area contributed by atoms with Crippen LogP contribution >= 0.6 is 0 Å². The van der Waals surface area contributed by atoms with E-state index in [4.69, 9.17) is 0 Å². The molecule has 1 aliphatic carbocycles. The molecule has 1 aliphatic rings. The lowest BCUT2D eigenvalue weighted by molar-refractivity contribution is 0.0911. The van der Waals surface area contributed by atoms with Crippen molar-refractivity contribution in [2.24, 2.45) is 5.41 Å². The second-order valence-electron chi connectivity index (χ2n) is 10.7. The number of H-pyrrole nitrogens is 1. The van der Waals surface area contributed by atoms with E-state index in [2.05, 4.69) is 89.8 Å². The standard InChI is InChI=1S/C32H35N3O/c1-32(2)21-27-30(28(36)22-32)26(19-24-14-7-4-8-15-24)31(35-27)25-16-18-34-29(20-25)33-17-10-9-13-23-11-5-3-6-12-23/h3-8,11-12,14-16,18,20,35H,9-10,13,17,19,21-22H2,1-2H3,(H,33,34). The van der Waals surface area contributed by atoms with Crippen LogP contribution in [-0.2, 0) is 19.3 Å². The first kappa shape index (κ1) is 24.1. The maximum Gasteiger partial charge on any atom is 0.165 e. The number of Topliss-reactive ketones (excluding diaryl/α,β-unsaturated/α-hetero) is 1. The molecule has 4 nitrogen and oxygen atoms in total. The molecule has 5 rings (SSSR count). The second kappa shape index (κ2) is 10.5. The number of aromatic nitrogens is 2. The zero-order valence-electron chi connectivity index (χ0n) is 21.3. The van der Waals surface area contributed by atoms with E-state index in [1.807, 2.05) is 18.3 Å². The fourth-order valence-corrected chi connectivity index (χ4v) is 5.35. The van der Waals surface area contributed by atoms with Crippen LogP contribution in [0.5, 0.6) is 0 Å². The van der Waals surface area contributed by atoms with Gasteiger partial charge in [-0.3, -0.25) is 4.79 Å². The largest absolute Gasteiger partial charge is 0.370 e. The van der Waals surface area contributed by atoms with Crippen LogP contribution < -0.4 is 5.32 Å². The summed E-state index contributed by atoms with van der Waals surface area (Å²) in [6.45, 7) is 5.24. The summed E-state index contributed by atoms with van der Waals surface area (Å²) in [7, 11) is 0. The number of nitrogens with one attached hydrogen (secondary N) is 2. The summed E-state index contributed by atoms with van der Waals surface area (Å²) in [6, 6.07) is 25.2. The fraction of sp³-hybridized carbons (Fsp3) is 0.312. The first-order valence-corrected chi connectivity index (χ1v) is 13.0. The number of aromatic amines is 1. The van der Waals surface area contributed by atoms with Gasteiger partial charge in [-0.1, -0.05) is 74.5 Å². The van der Waals surface area contributed by atoms with Crippen LogP contribution in [0.3, 0.4) is 0 Å². The maximum atomic E-state index is 13.3. The van der Waals surface area contributed by atoms with Crippen LogP contribution in [0.4, 0.5) is 5.82 Å². The molecule has 2 heterocycles. The van der Waals surface area contributed by atoms with Crippen molar-refractivity contribution in [3.63, 3.8) is 0 Å². The average Bonchev–Trinajstić information content (AvgIpc) is 3.22. The highest BCUT2D eigenvalue weighted by Crippen LogP contribution is 2.40. The van der Waals surface area contributed by atoms with E-state index in [9.17, 15) is 4.79 Å². The molecule has 0 bridgehead atoms. The molecular weight excluding hydrogens is 442 g/mol. The monoisotopic (exact) mass is 477 g/mol. The molecule has 0 atom stereocenters. The number of ketones is 1. The van der Waals surface area contributed by atoms with Gasteiger partial charge in [-0.25, -0.2) is 4.98 Å². The van der Waals surface area contributed by atoms with Crippen molar-refractivity contribution in [1.82, 2.24) is 9.97 Å². The Morgan fingerprint density at radius 1 is 0.917 bits per heavy atom. The molecule has 36 heavy (non-hydrogen) atoms. The van der Waals surface area contributed by atoms with Crippen molar-refractivity contribution in [2.45, 2.75) is 52.4 Å². The third-order valence-electron chi connectivity index (χ3n) is 7.07. The van der Waals surface area contributed by atoms with Crippen molar-refractivity contribution in [3.8, 4) is 11.3 Å². The van der Waals surface area contributed by atoms with Crippen LogP contribution in [0, 0.1) is 5.41 Å². The number of hydrogen-bond donors (Lipinski definition) is 2. The van der Waals surface area contributed by atoms with Gasteiger partial charge in [0.15, 0.2) is 5.78 Å². The van der Waals surface area contributed by atoms with Gasteiger partial charge in [0, 0.05) is 42.4 Å². The highest BCUT2D eigenvalue weighted by atomic mass is 16.1. The van der Waals surface area contributed by atoms with Crippen molar-refractivity contribution in [1.29, 1.82) is 0 Å². The molecule has 4 heteroatoms. The Hall–Kier alpha value is -3.66. The summed E-state index contributed by atoms with van der Waals surface area (Å²) < 4.78 is 0. The van der Waals surface area contributed by atoms with E-state index < -0.39 is 0 Å². The molecule has 0 fully saturated rings. The fourth-order valence-electron chi connectivity index (χ4n) is 5.35. The van der Waals surface area contributed by atoms with Gasteiger partial charge in [-0.15, -0.1) is 0 Å². The average molecular weight is 478 g/mol. The minimum Gasteiger partial charge on any atom is -0.370 e. The highest BCUT2D eigenvalue weighted by Gasteiger charge is 2.35. The van der Waals surface area contributed by atoms with Gasteiger partial charge in [-0.2, -0.15) is 0 Å². The minimum atomic E-state index is -0.0269. The summed E-state index contributed by atoms with van der Waals surface area (Å²) in [5, 5.41) is 3.50. The quantitative estimate of drug-likeness (QED) is 0.250. The predicted molar refractivity (Wildman–Crippen MR) is 148 cm³/mol. The van der Waals surface area contributed by atoms with E-state index in [0.717, 1.165) is 72.5 Å². The van der Waals surface area contributed by atoms with Crippen LogP contribution in [0.2, 0.25) is 0 Å². The predicted octanol–water partition coefficient (Wildman–Crippen LogP) is 7.26. The van der Waals surface area contributed by atoms with Gasteiger partial charge in [0.2, 0.25) is 0 Å². The summed E-state index contributed by atoms with van der Waals surface area (Å²) in [5.41, 5.74) is 7.77. The van der Waals surface area contributed by atoms with Gasteiger partial charge in [-0.05, 0) is 59.9 Å². The van der Waals surface area contributed by atoms with Crippen LogP contribution in [0.25, 0.3) is 11.3 Å². The smallest absolute Gasteiger partial charge is 0.165 e. The number of fused-ring (bicyclic) bond motifs is 1. The van der Waals surface area contributed by atoms with Gasteiger partial charge >= 0.3 is 0 Å². The van der Waals surface area contributed by atoms with Gasteiger partial charge in [0.05, 0.1) is 5.69 Å². The topological polar surface area (TPSA) is 57.8 Å². The Balaban J connectivity index is 1.36. The molecule has 0 amide bonds. The molecule has 0 unspecified atom stereocenters. The Morgan fingerprint density at radius 2 is 1.64 bits per heavy atom. The maximum absolute atomic E-state index is 13.3. The van der Waals surface area contributed by atoms with Crippen molar-refractivity contribution in [2.75, 3.05) is 11.9 Å². The molecule has 0 spiro atoms. The summed E-state index contributed by atoms with van der Waals surface area (Å²) in [4.78, 5) is 21.5. The zero-order valence-corrected chi connectivity index (χ0v) is 21.3. The number of carbonyl (C=O) groups is 1. The number of benzene rings is 2. The van der Waals surface area contributed by atoms with E-state index in [-0.39, 0.29) is 11.2 Å². The van der Waals surface area contributed by atoms with Crippen LogP contribution in [0.15, 0.2) is 79.0 Å². The number of carbonyl (C=O) groups excluding carboxylic acids is 1. The second-order valence-corrected chi connectivity index (χ2v) is 10.7. The first-order chi connectivity index (χ1) is 17.5. The Bertz CT molecular complexity index is 1320. The zero-order chi connectivity index (χ0) is 25.0. The SMILES string of the molecule is CC1(C)CC(=O)c2c([nH]c(-c3ccnc(NCCCCc4ccccc4)c3)c2Cc2ccccc2)C1. The Kier molecular flexibility index (Phi) is 7.04. The number of unbranched alkanes of at least 4 members (excludes halogenated alkanes) is 1. The number of pyridine rings is 1. The molecular formula is C32H35N3O. The van der Waals surface area contributed by atoms with Crippen LogP contribution in [-0.4, -0.2) is 22.3 Å². The number of anilines is 1. The molecule has 2 N–H and O–H groups in total. The highest BCUT2D eigenvalue weighted by molar-refractivity contribution is 6.02. The third kappa shape index (κ3) is 5.59. The van der Waals surface area contributed by atoms with Crippen molar-refractivity contribution in [3.05, 3.63) is 107 Å². The minimum absolute atomic E-state index is 0.0269. The molecule has 2 aromatic carbocycles. The van der Waals surface area contributed by atoms with Gasteiger partial charge < -0.3 is 10.3 Å². The Labute approximate surface area is 214 Å². The van der Waals surface area contributed by atoms with Crippen molar-refractivity contribution < 1.29 is 4.79 Å². The van der Waals surface area contributed by atoms with Crippen molar-refractivity contribution >= 4 is 11.6 Å². The van der Waals surface area contributed by atoms with Crippen LogP contribution in [0.1, 0.15) is 65.9 Å². The van der Waals surface area contributed by atoms with E-state index in [0.29, 0.717) is 6.42 Å². The summed E-state index contributed by atoms with van der Waals surface area (Å²) in [5.74, 6) is 1.12. The molecule has 0 radical (unpaired) electrons. The van der Waals surface area contributed by atoms with E-state index in [1.54, 1.807) is 0 Å². The van der Waals surface area contributed by atoms with E-state index >= 15 is 0 Å². The number of aryl methyl sites for hydroxylation is 1. The lowest BCUT2D eigenvalue weighted by atomic mass is 9.75. The Morgan fingerprint density at radius 3 is 2.39 bits per heavy atom. The van der Waals surface area contributed by atoms with Gasteiger partial charge in [0.25, 0.3) is 0 Å². The molecule has 0 saturated heterocycles. The molecule has 2 aromatic heterocycles. The molecule has 4 aromatic rings.